The van der Waals surface area contributed by atoms with Crippen molar-refractivity contribution >= 4 is 17.8 Å². The number of aromatic carboxylic acids is 1. The summed E-state index contributed by atoms with van der Waals surface area (Å²) in [6, 6.07) is 8.69. The maximum atomic E-state index is 12.5. The monoisotopic (exact) mass is 391 g/mol. The lowest BCUT2D eigenvalue weighted by atomic mass is 10.0. The average molecular weight is 391 g/mol. The minimum absolute atomic E-state index is 0.0657. The average Bonchev–Trinajstić information content (AvgIpc) is 3.10. The third-order valence-electron chi connectivity index (χ3n) is 3.99. The maximum absolute atomic E-state index is 12.5. The van der Waals surface area contributed by atoms with Crippen LogP contribution in [0, 0.1) is 0 Å². The fourth-order valence-electron chi connectivity index (χ4n) is 2.57. The summed E-state index contributed by atoms with van der Waals surface area (Å²) >= 11 is 0. The number of aliphatic hydroxyl groups excluding tert-OH is 1. The van der Waals surface area contributed by atoms with Crippen molar-refractivity contribution in [2.75, 3.05) is 13.7 Å². The van der Waals surface area contributed by atoms with E-state index in [0.717, 1.165) is 10.7 Å². The van der Waals surface area contributed by atoms with Crippen molar-refractivity contribution in [1.82, 2.24) is 15.1 Å². The van der Waals surface area contributed by atoms with Gasteiger partial charge < -0.3 is 25.4 Å². The van der Waals surface area contributed by atoms with Gasteiger partial charge in [-0.3, -0.25) is 9.48 Å². The molecule has 10 nitrogen and oxygen atoms in total. The maximum Gasteiger partial charge on any atom is 0.354 e. The van der Waals surface area contributed by atoms with Crippen LogP contribution in [0.1, 0.15) is 26.5 Å². The van der Waals surface area contributed by atoms with E-state index in [1.54, 1.807) is 30.3 Å². The third kappa shape index (κ3) is 5.38. The second-order valence-electron chi connectivity index (χ2n) is 5.99. The first kappa shape index (κ1) is 21.1. The number of methoxy groups -OCH3 is 1. The Morgan fingerprint density at radius 2 is 1.89 bits per heavy atom. The molecule has 0 radical (unpaired) electrons. The van der Waals surface area contributed by atoms with Gasteiger partial charge in [-0.15, -0.1) is 0 Å². The van der Waals surface area contributed by atoms with Crippen molar-refractivity contribution in [2.24, 2.45) is 0 Å². The summed E-state index contributed by atoms with van der Waals surface area (Å²) in [6.45, 7) is 0.313. The van der Waals surface area contributed by atoms with E-state index in [4.69, 9.17) is 9.84 Å². The second kappa shape index (κ2) is 9.62. The molecule has 0 fully saturated rings. The van der Waals surface area contributed by atoms with Crippen molar-refractivity contribution in [3.63, 3.8) is 0 Å². The molecule has 1 aromatic heterocycles. The van der Waals surface area contributed by atoms with Crippen LogP contribution in [-0.4, -0.2) is 68.8 Å². The number of carbonyl (C=O) groups is 3. The fraction of sp³-hybridized carbons (Fsp3) is 0.333. The van der Waals surface area contributed by atoms with Crippen LogP contribution in [0.5, 0.6) is 0 Å². The van der Waals surface area contributed by atoms with Crippen LogP contribution in [0.3, 0.4) is 0 Å². The van der Waals surface area contributed by atoms with E-state index in [0.29, 0.717) is 5.56 Å². The van der Waals surface area contributed by atoms with Crippen LogP contribution in [0.15, 0.2) is 36.4 Å². The van der Waals surface area contributed by atoms with Crippen molar-refractivity contribution in [3.05, 3.63) is 53.3 Å². The molecule has 150 valence electrons. The SMILES string of the molecule is COCCn1nc(C(=O)N[C@H](Cc2ccccc2)[C@@H](O)C(=O)O)cc1C(=O)O. The number of aliphatic carboxylic acids is 1. The van der Waals surface area contributed by atoms with Crippen LogP contribution in [0.25, 0.3) is 0 Å². The lowest BCUT2D eigenvalue weighted by Crippen LogP contribution is -2.48. The first-order chi connectivity index (χ1) is 13.3. The first-order valence-electron chi connectivity index (χ1n) is 8.39. The highest BCUT2D eigenvalue weighted by molar-refractivity contribution is 5.96. The number of benzene rings is 1. The molecule has 0 aliphatic rings. The molecular weight excluding hydrogens is 370 g/mol. The van der Waals surface area contributed by atoms with Gasteiger partial charge in [0.05, 0.1) is 19.2 Å². The van der Waals surface area contributed by atoms with E-state index in [2.05, 4.69) is 10.4 Å². The fourth-order valence-corrected chi connectivity index (χ4v) is 2.57. The van der Waals surface area contributed by atoms with Crippen LogP contribution in [0.2, 0.25) is 0 Å². The van der Waals surface area contributed by atoms with Gasteiger partial charge in [0.1, 0.15) is 5.69 Å². The summed E-state index contributed by atoms with van der Waals surface area (Å²) < 4.78 is 6.00. The number of carboxylic acid groups (broad SMARTS) is 2. The Morgan fingerprint density at radius 1 is 1.21 bits per heavy atom. The zero-order chi connectivity index (χ0) is 20.7. The Hall–Kier alpha value is -3.24. The van der Waals surface area contributed by atoms with E-state index in [-0.39, 0.29) is 31.0 Å². The number of ether oxygens (including phenoxy) is 1. The zero-order valence-corrected chi connectivity index (χ0v) is 15.1. The topological polar surface area (TPSA) is 151 Å². The summed E-state index contributed by atoms with van der Waals surface area (Å²) in [4.78, 5) is 35.1. The Morgan fingerprint density at radius 3 is 2.46 bits per heavy atom. The van der Waals surface area contributed by atoms with Crippen molar-refractivity contribution in [2.45, 2.75) is 25.1 Å². The molecule has 0 unspecified atom stereocenters. The summed E-state index contributed by atoms with van der Waals surface area (Å²) in [5.74, 6) is -3.55. The van der Waals surface area contributed by atoms with Gasteiger partial charge in [-0.1, -0.05) is 30.3 Å². The molecule has 2 rings (SSSR count). The van der Waals surface area contributed by atoms with Crippen molar-refractivity contribution in [1.29, 1.82) is 0 Å². The zero-order valence-electron chi connectivity index (χ0n) is 15.1. The highest BCUT2D eigenvalue weighted by Gasteiger charge is 2.29. The van der Waals surface area contributed by atoms with E-state index < -0.39 is 30.0 Å². The number of hydrogen-bond acceptors (Lipinski definition) is 6. The number of carboxylic acids is 2. The van der Waals surface area contributed by atoms with E-state index >= 15 is 0 Å². The Labute approximate surface area is 160 Å². The molecule has 28 heavy (non-hydrogen) atoms. The molecule has 4 N–H and O–H groups in total. The molecule has 0 saturated carbocycles. The van der Waals surface area contributed by atoms with Gasteiger partial charge in [0.25, 0.3) is 5.91 Å². The number of carbonyl (C=O) groups excluding carboxylic acids is 1. The standard InChI is InChI=1S/C18H21N3O7/c1-28-8-7-21-14(17(24)25)10-13(20-21)16(23)19-12(15(22)18(26)27)9-11-5-3-2-4-6-11/h2-6,10,12,15,22H,7-9H2,1H3,(H,19,23)(H,24,25)(H,26,27)/t12-,15-/m1/s1. The highest BCUT2D eigenvalue weighted by Crippen LogP contribution is 2.10. The molecule has 2 atom stereocenters. The van der Waals surface area contributed by atoms with Gasteiger partial charge in [-0.05, 0) is 12.0 Å². The van der Waals surface area contributed by atoms with E-state index in [9.17, 15) is 24.6 Å². The Kier molecular flexibility index (Phi) is 7.24. The Balaban J connectivity index is 2.22. The number of aromatic nitrogens is 2. The predicted octanol–water partition coefficient (Wildman–Crippen LogP) is 0.0143. The highest BCUT2D eigenvalue weighted by atomic mass is 16.5. The quantitative estimate of drug-likeness (QED) is 0.442. The van der Waals surface area contributed by atoms with E-state index in [1.807, 2.05) is 0 Å². The molecule has 10 heteroatoms. The van der Waals surface area contributed by atoms with Crippen LogP contribution in [0.4, 0.5) is 0 Å². The number of amides is 1. The lowest BCUT2D eigenvalue weighted by Gasteiger charge is -2.21. The minimum atomic E-state index is -1.85. The summed E-state index contributed by atoms with van der Waals surface area (Å²) in [6.07, 6.45) is -1.78. The summed E-state index contributed by atoms with van der Waals surface area (Å²) in [5.41, 5.74) is 0.301. The van der Waals surface area contributed by atoms with Crippen LogP contribution < -0.4 is 5.32 Å². The van der Waals surface area contributed by atoms with Crippen molar-refractivity contribution < 1.29 is 34.4 Å². The summed E-state index contributed by atoms with van der Waals surface area (Å²) in [7, 11) is 1.44. The van der Waals surface area contributed by atoms with Gasteiger partial charge in [0.15, 0.2) is 11.8 Å². The minimum Gasteiger partial charge on any atom is -0.479 e. The molecule has 0 aliphatic heterocycles. The molecule has 0 aliphatic carbocycles. The Bertz CT molecular complexity index is 835. The number of nitrogens with one attached hydrogen (secondary N) is 1. The van der Waals surface area contributed by atoms with Crippen LogP contribution in [-0.2, 0) is 22.5 Å². The van der Waals surface area contributed by atoms with Gasteiger partial charge in [-0.2, -0.15) is 5.10 Å². The molecule has 0 spiro atoms. The number of hydrogen-bond donors (Lipinski definition) is 4. The number of aliphatic hydroxyl groups is 1. The lowest BCUT2D eigenvalue weighted by molar-refractivity contribution is -0.148. The van der Waals surface area contributed by atoms with Gasteiger partial charge in [0, 0.05) is 13.2 Å². The largest absolute Gasteiger partial charge is 0.479 e. The molecular formula is C18H21N3O7. The van der Waals surface area contributed by atoms with Gasteiger partial charge in [-0.25, -0.2) is 9.59 Å². The summed E-state index contributed by atoms with van der Waals surface area (Å²) in [5, 5.41) is 34.7. The van der Waals surface area contributed by atoms with Gasteiger partial charge >= 0.3 is 11.9 Å². The second-order valence-corrected chi connectivity index (χ2v) is 5.99. The van der Waals surface area contributed by atoms with Crippen LogP contribution >= 0.6 is 0 Å². The molecule has 1 amide bonds. The molecule has 2 aromatic rings. The first-order valence-corrected chi connectivity index (χ1v) is 8.39. The smallest absolute Gasteiger partial charge is 0.354 e. The molecule has 1 aromatic carbocycles. The van der Waals surface area contributed by atoms with Gasteiger partial charge in [0.2, 0.25) is 0 Å². The molecule has 0 saturated heterocycles. The predicted molar refractivity (Wildman–Crippen MR) is 96.1 cm³/mol. The van der Waals surface area contributed by atoms with Crippen molar-refractivity contribution in [3.8, 4) is 0 Å². The molecule has 1 heterocycles. The normalized spacial score (nSPS) is 12.9. The number of nitrogens with zero attached hydrogens (tertiary/aromatic N) is 2. The van der Waals surface area contributed by atoms with E-state index in [1.165, 1.54) is 7.11 Å². The number of rotatable bonds is 10. The molecule has 0 bridgehead atoms. The third-order valence-corrected chi connectivity index (χ3v) is 3.99.